The molecule has 4 heterocycles. The number of furan rings is 1. The number of halogens is 1. The summed E-state index contributed by atoms with van der Waals surface area (Å²) in [7, 11) is 0. The van der Waals surface area contributed by atoms with E-state index in [0.717, 1.165) is 26.1 Å². The summed E-state index contributed by atoms with van der Waals surface area (Å²) in [6.07, 6.45) is 4.55. The van der Waals surface area contributed by atoms with Crippen LogP contribution in [0.2, 0.25) is 5.22 Å². The molecule has 7 heteroatoms. The van der Waals surface area contributed by atoms with Gasteiger partial charge in [0.15, 0.2) is 11.0 Å². The topological polar surface area (TPSA) is 63.0 Å². The molecule has 6 nitrogen and oxygen atoms in total. The summed E-state index contributed by atoms with van der Waals surface area (Å²) in [6, 6.07) is 3.16. The van der Waals surface area contributed by atoms with E-state index in [1.54, 1.807) is 17.0 Å². The number of hydrogen-bond acceptors (Lipinski definition) is 5. The molecule has 25 heavy (non-hydrogen) atoms. The summed E-state index contributed by atoms with van der Waals surface area (Å²) in [5.41, 5.74) is -0.415. The highest BCUT2D eigenvalue weighted by Gasteiger charge is 2.51. The van der Waals surface area contributed by atoms with Crippen molar-refractivity contribution >= 4 is 23.5 Å². The Labute approximate surface area is 152 Å². The Balaban J connectivity index is 1.35. The van der Waals surface area contributed by atoms with Crippen LogP contribution in [0.15, 0.2) is 16.5 Å². The summed E-state index contributed by atoms with van der Waals surface area (Å²) in [6.45, 7) is 4.15. The van der Waals surface area contributed by atoms with Gasteiger partial charge in [0.1, 0.15) is 6.10 Å². The van der Waals surface area contributed by atoms with Gasteiger partial charge < -0.3 is 14.1 Å². The van der Waals surface area contributed by atoms with Gasteiger partial charge in [0.05, 0.1) is 5.41 Å². The fraction of sp³-hybridized carbons (Fsp3) is 0.667. The minimum absolute atomic E-state index is 0.00303. The van der Waals surface area contributed by atoms with Crippen molar-refractivity contribution in [3.63, 3.8) is 0 Å². The molecule has 3 saturated heterocycles. The first-order valence-electron chi connectivity index (χ1n) is 9.04. The van der Waals surface area contributed by atoms with Gasteiger partial charge in [0.25, 0.3) is 5.91 Å². The third-order valence-corrected chi connectivity index (χ3v) is 5.98. The van der Waals surface area contributed by atoms with Crippen LogP contribution >= 0.6 is 11.6 Å². The first kappa shape index (κ1) is 16.9. The Kier molecular flexibility index (Phi) is 4.50. The predicted molar refractivity (Wildman–Crippen MR) is 91.5 cm³/mol. The van der Waals surface area contributed by atoms with Crippen LogP contribution in [-0.2, 0) is 9.53 Å². The van der Waals surface area contributed by atoms with Gasteiger partial charge in [-0.05, 0) is 62.5 Å². The van der Waals surface area contributed by atoms with E-state index >= 15 is 0 Å². The molecule has 0 aliphatic carbocycles. The average molecular weight is 367 g/mol. The molecule has 0 bridgehead atoms. The van der Waals surface area contributed by atoms with Crippen molar-refractivity contribution in [3.8, 4) is 0 Å². The molecule has 1 spiro atoms. The van der Waals surface area contributed by atoms with Crippen LogP contribution in [0.25, 0.3) is 0 Å². The van der Waals surface area contributed by atoms with Crippen molar-refractivity contribution in [2.24, 2.45) is 5.41 Å². The zero-order valence-corrected chi connectivity index (χ0v) is 15.0. The number of carbonyl (C=O) groups excluding carboxylic acids is 2. The minimum atomic E-state index is -0.415. The largest absolute Gasteiger partial charge is 0.461 e. The van der Waals surface area contributed by atoms with E-state index in [4.69, 9.17) is 20.8 Å². The molecule has 1 unspecified atom stereocenters. The highest BCUT2D eigenvalue weighted by atomic mass is 35.5. The molecule has 0 radical (unpaired) electrons. The summed E-state index contributed by atoms with van der Waals surface area (Å²) in [5, 5.41) is 0.209. The summed E-state index contributed by atoms with van der Waals surface area (Å²) in [4.78, 5) is 29.1. The Morgan fingerprint density at radius 3 is 2.56 bits per heavy atom. The first-order valence-corrected chi connectivity index (χ1v) is 9.42. The number of hydrogen-bond donors (Lipinski definition) is 0. The lowest BCUT2D eigenvalue weighted by atomic mass is 9.76. The van der Waals surface area contributed by atoms with E-state index in [-0.39, 0.29) is 29.0 Å². The monoisotopic (exact) mass is 366 g/mol. The first-order chi connectivity index (χ1) is 12.1. The number of esters is 1. The Morgan fingerprint density at radius 1 is 1.20 bits per heavy atom. The van der Waals surface area contributed by atoms with Crippen LogP contribution in [-0.4, -0.2) is 60.5 Å². The third-order valence-electron chi connectivity index (χ3n) is 5.78. The van der Waals surface area contributed by atoms with Crippen LogP contribution in [0.1, 0.15) is 42.7 Å². The molecule has 136 valence electrons. The molecule has 1 atom stereocenters. The van der Waals surface area contributed by atoms with Gasteiger partial charge in [-0.25, -0.2) is 0 Å². The second-order valence-electron chi connectivity index (χ2n) is 7.42. The lowest BCUT2D eigenvalue weighted by Crippen LogP contribution is -2.45. The van der Waals surface area contributed by atoms with Crippen molar-refractivity contribution in [2.75, 3.05) is 32.7 Å². The van der Waals surface area contributed by atoms with E-state index in [0.29, 0.717) is 25.9 Å². The van der Waals surface area contributed by atoms with Crippen molar-refractivity contribution < 1.29 is 18.7 Å². The molecule has 1 aromatic rings. The number of nitrogens with zero attached hydrogens (tertiary/aromatic N) is 2. The van der Waals surface area contributed by atoms with Gasteiger partial charge in [-0.1, -0.05) is 0 Å². The molecule has 1 aromatic heterocycles. The number of amides is 1. The van der Waals surface area contributed by atoms with E-state index < -0.39 is 5.41 Å². The van der Waals surface area contributed by atoms with Gasteiger partial charge in [0, 0.05) is 26.1 Å². The highest BCUT2D eigenvalue weighted by molar-refractivity contribution is 6.29. The van der Waals surface area contributed by atoms with Crippen molar-refractivity contribution in [2.45, 2.75) is 38.2 Å². The second-order valence-corrected chi connectivity index (χ2v) is 7.79. The number of cyclic esters (lactones) is 1. The number of piperidine rings is 1. The minimum Gasteiger partial charge on any atom is -0.461 e. The maximum absolute atomic E-state index is 12.5. The summed E-state index contributed by atoms with van der Waals surface area (Å²) >= 11 is 5.74. The molecule has 0 N–H and O–H groups in total. The maximum Gasteiger partial charge on any atom is 0.312 e. The maximum atomic E-state index is 12.5. The van der Waals surface area contributed by atoms with Crippen LogP contribution in [0.4, 0.5) is 0 Å². The van der Waals surface area contributed by atoms with Crippen molar-refractivity contribution in [1.29, 1.82) is 0 Å². The van der Waals surface area contributed by atoms with E-state index in [1.165, 1.54) is 12.8 Å². The summed E-state index contributed by atoms with van der Waals surface area (Å²) < 4.78 is 10.9. The van der Waals surface area contributed by atoms with Crippen LogP contribution < -0.4 is 0 Å². The Morgan fingerprint density at radius 2 is 1.92 bits per heavy atom. The average Bonchev–Trinajstić information content (AvgIpc) is 3.31. The van der Waals surface area contributed by atoms with Gasteiger partial charge in [-0.2, -0.15) is 0 Å². The molecular weight excluding hydrogens is 344 g/mol. The quantitative estimate of drug-likeness (QED) is 0.769. The molecular formula is C18H23ClN2O4. The normalized spacial score (nSPS) is 26.4. The lowest BCUT2D eigenvalue weighted by molar-refractivity contribution is -0.151. The van der Waals surface area contributed by atoms with Gasteiger partial charge in [0.2, 0.25) is 0 Å². The van der Waals surface area contributed by atoms with E-state index in [1.807, 2.05) is 0 Å². The van der Waals surface area contributed by atoms with Crippen molar-refractivity contribution in [3.05, 3.63) is 23.1 Å². The van der Waals surface area contributed by atoms with E-state index in [2.05, 4.69) is 4.90 Å². The van der Waals surface area contributed by atoms with Gasteiger partial charge in [-0.3, -0.25) is 14.5 Å². The smallest absolute Gasteiger partial charge is 0.312 e. The van der Waals surface area contributed by atoms with Crippen LogP contribution in [0.3, 0.4) is 0 Å². The third kappa shape index (κ3) is 3.29. The number of ether oxygens (including phenoxy) is 1. The molecule has 0 aromatic carbocycles. The lowest BCUT2D eigenvalue weighted by Gasteiger charge is -2.36. The predicted octanol–water partition coefficient (Wildman–Crippen LogP) is 2.57. The van der Waals surface area contributed by atoms with Gasteiger partial charge in [-0.15, -0.1) is 0 Å². The summed E-state index contributed by atoms with van der Waals surface area (Å²) in [5.74, 6) is 0.00780. The molecule has 1 amide bonds. The Bertz CT molecular complexity index is 660. The standard InChI is InChI=1S/C18H23ClN2O4/c19-15-4-3-14(25-15)16(22)21-9-5-18(6-10-21)11-13(24-17(18)23)12-20-7-1-2-8-20/h3-4,13H,1-2,5-12H2. The Hall–Kier alpha value is -1.53. The van der Waals surface area contributed by atoms with Crippen LogP contribution in [0, 0.1) is 5.41 Å². The molecule has 3 aliphatic rings. The zero-order valence-electron chi connectivity index (χ0n) is 14.2. The SMILES string of the molecule is O=C(c1ccc(Cl)o1)N1CCC2(CC1)CC(CN1CCCC1)OC2=O. The number of likely N-dealkylation sites (tertiary alicyclic amines) is 2. The number of carbonyl (C=O) groups is 2. The zero-order chi connectivity index (χ0) is 17.4. The van der Waals surface area contributed by atoms with Crippen LogP contribution in [0.5, 0.6) is 0 Å². The molecule has 4 rings (SSSR count). The molecule has 3 fully saturated rings. The number of rotatable bonds is 3. The fourth-order valence-corrected chi connectivity index (χ4v) is 4.47. The fourth-order valence-electron chi connectivity index (χ4n) is 4.32. The second kappa shape index (κ2) is 6.65. The van der Waals surface area contributed by atoms with Crippen molar-refractivity contribution in [1.82, 2.24) is 9.80 Å². The van der Waals surface area contributed by atoms with E-state index in [9.17, 15) is 9.59 Å². The highest BCUT2D eigenvalue weighted by Crippen LogP contribution is 2.43. The molecule has 0 saturated carbocycles. The molecule has 3 aliphatic heterocycles. The van der Waals surface area contributed by atoms with Gasteiger partial charge >= 0.3 is 5.97 Å².